The number of guanidine groups is 1. The Labute approximate surface area is 202 Å². The van der Waals surface area contributed by atoms with Crippen molar-refractivity contribution >= 4 is 52.6 Å². The van der Waals surface area contributed by atoms with Crippen LogP contribution in [-0.4, -0.2) is 58.6 Å². The van der Waals surface area contributed by atoms with Gasteiger partial charge < -0.3 is 36.5 Å². The number of amides is 2. The molecule has 0 bridgehead atoms. The van der Waals surface area contributed by atoms with E-state index in [4.69, 9.17) is 23.2 Å². The third-order valence-corrected chi connectivity index (χ3v) is 5.16. The molecule has 1 atom stereocenters. The molecule has 34 heavy (non-hydrogen) atoms. The molecule has 0 saturated heterocycles. The molecule has 0 saturated carbocycles. The summed E-state index contributed by atoms with van der Waals surface area (Å²) in [7, 11) is 0. The Balaban J connectivity index is 1.66. The van der Waals surface area contributed by atoms with Gasteiger partial charge in [-0.05, 0) is 18.2 Å². The number of H-pyrrole nitrogens is 1. The number of hydrogen-bond acceptors (Lipinski definition) is 8. The maximum atomic E-state index is 12.5. The van der Waals surface area contributed by atoms with E-state index >= 15 is 0 Å². The number of anilines is 1. The highest BCUT2D eigenvalue weighted by molar-refractivity contribution is 6.35. The Morgan fingerprint density at radius 3 is 2.65 bits per heavy atom. The van der Waals surface area contributed by atoms with Crippen molar-refractivity contribution in [2.45, 2.75) is 12.5 Å². The van der Waals surface area contributed by atoms with Gasteiger partial charge in [0, 0.05) is 23.3 Å². The van der Waals surface area contributed by atoms with E-state index in [9.17, 15) is 29.4 Å². The van der Waals surface area contributed by atoms with Crippen LogP contribution in [0.5, 0.6) is 5.75 Å². The summed E-state index contributed by atoms with van der Waals surface area (Å²) >= 11 is 11.8. The van der Waals surface area contributed by atoms with Crippen LogP contribution in [0.15, 0.2) is 34.2 Å². The minimum absolute atomic E-state index is 0.0133. The number of rotatable bonds is 8. The van der Waals surface area contributed by atoms with Gasteiger partial charge in [-0.1, -0.05) is 23.2 Å². The van der Waals surface area contributed by atoms with E-state index in [1.54, 1.807) is 0 Å². The van der Waals surface area contributed by atoms with Gasteiger partial charge in [-0.15, -0.1) is 0 Å². The Kier molecular flexibility index (Phi) is 7.97. The number of aromatic amines is 1. The maximum absolute atomic E-state index is 12.5. The first-order valence-electron chi connectivity index (χ1n) is 9.89. The van der Waals surface area contributed by atoms with Crippen LogP contribution < -0.4 is 26.8 Å². The average Bonchev–Trinajstić information content (AvgIpc) is 3.28. The van der Waals surface area contributed by atoms with Gasteiger partial charge >= 0.3 is 5.97 Å². The fraction of sp³-hybridized carbons (Fsp3) is 0.250. The van der Waals surface area contributed by atoms with Crippen molar-refractivity contribution in [2.24, 2.45) is 4.99 Å². The summed E-state index contributed by atoms with van der Waals surface area (Å²) < 4.78 is 0. The Bertz CT molecular complexity index is 1210. The summed E-state index contributed by atoms with van der Waals surface area (Å²) in [6.07, 6.45) is 0.612. The van der Waals surface area contributed by atoms with Gasteiger partial charge in [-0.3, -0.25) is 24.2 Å². The summed E-state index contributed by atoms with van der Waals surface area (Å²) in [5.74, 6) is -2.67. The number of carbonyl (C=O) groups excluding carboxylic acids is 2. The third-order valence-electron chi connectivity index (χ3n) is 4.65. The first-order valence-corrected chi connectivity index (χ1v) is 10.6. The lowest BCUT2D eigenvalue weighted by atomic mass is 10.0. The van der Waals surface area contributed by atoms with Gasteiger partial charge in [0.25, 0.3) is 11.5 Å². The molecular formula is C20H20Cl2N6O6. The first-order chi connectivity index (χ1) is 16.1. The van der Waals surface area contributed by atoms with E-state index in [2.05, 4.69) is 31.2 Å². The van der Waals surface area contributed by atoms with Crippen molar-refractivity contribution in [1.82, 2.24) is 20.9 Å². The number of phenols is 1. The Hall–Kier alpha value is -3.77. The lowest BCUT2D eigenvalue weighted by Gasteiger charge is -2.19. The second-order valence-electron chi connectivity index (χ2n) is 7.14. The number of hydrogen-bond donors (Lipinski definition) is 7. The molecule has 0 aliphatic carbocycles. The van der Waals surface area contributed by atoms with Crippen LogP contribution in [0.4, 0.5) is 5.69 Å². The molecule has 1 aliphatic rings. The predicted octanol–water partition coefficient (Wildman–Crippen LogP) is 0.820. The molecule has 1 aliphatic heterocycles. The van der Waals surface area contributed by atoms with Crippen LogP contribution in [0.25, 0.3) is 0 Å². The second-order valence-corrected chi connectivity index (χ2v) is 7.98. The van der Waals surface area contributed by atoms with Gasteiger partial charge in [0.05, 0.1) is 36.1 Å². The van der Waals surface area contributed by atoms with Crippen molar-refractivity contribution in [1.29, 1.82) is 0 Å². The molecule has 1 aromatic heterocycles. The lowest BCUT2D eigenvalue weighted by molar-refractivity contribution is -0.137. The number of aromatic nitrogens is 1. The molecule has 1 aromatic carbocycles. The SMILES string of the molecule is O=C(O)C[C@@H](NC(=O)CNC(=O)c1c[nH]c(=O)c(NC2=NCCN2)c1)c1cc(Cl)cc(Cl)c1O. The summed E-state index contributed by atoms with van der Waals surface area (Å²) in [6.45, 7) is 0.662. The zero-order chi connectivity index (χ0) is 24.8. The van der Waals surface area contributed by atoms with Crippen LogP contribution in [0.3, 0.4) is 0 Å². The van der Waals surface area contributed by atoms with Crippen molar-refractivity contribution in [3.63, 3.8) is 0 Å². The highest BCUT2D eigenvalue weighted by atomic mass is 35.5. The molecule has 2 amide bonds. The highest BCUT2D eigenvalue weighted by Crippen LogP contribution is 2.36. The minimum Gasteiger partial charge on any atom is -0.506 e. The molecule has 14 heteroatoms. The van der Waals surface area contributed by atoms with Crippen molar-refractivity contribution in [2.75, 3.05) is 25.0 Å². The third kappa shape index (κ3) is 6.39. The fourth-order valence-corrected chi connectivity index (χ4v) is 3.60. The molecule has 12 nitrogen and oxygen atoms in total. The van der Waals surface area contributed by atoms with E-state index in [0.29, 0.717) is 19.0 Å². The highest BCUT2D eigenvalue weighted by Gasteiger charge is 2.23. The Morgan fingerprint density at radius 1 is 1.21 bits per heavy atom. The molecule has 0 unspecified atom stereocenters. The van der Waals surface area contributed by atoms with Crippen LogP contribution in [-0.2, 0) is 9.59 Å². The number of aromatic hydroxyl groups is 1. The van der Waals surface area contributed by atoms with Crippen LogP contribution in [0, 0.1) is 0 Å². The number of nitrogens with one attached hydrogen (secondary N) is 5. The molecule has 7 N–H and O–H groups in total. The van der Waals surface area contributed by atoms with Gasteiger partial charge in [-0.25, -0.2) is 0 Å². The topological polar surface area (TPSA) is 185 Å². The van der Waals surface area contributed by atoms with Gasteiger partial charge in [0.15, 0.2) is 5.96 Å². The molecule has 3 rings (SSSR count). The number of halogens is 2. The standard InChI is InChI=1S/C20H20Cl2N6O6/c21-10-4-11(17(32)12(22)5-10)13(6-16(30)31)27-15(29)8-26-18(33)9-3-14(19(34)25-7-9)28-20-23-1-2-24-20/h3-5,7,13,32H,1-2,6,8H2,(H,25,34)(H,26,33)(H,27,29)(H,30,31)(H2,23,24,28)/t13-/m1/s1. The number of carboxylic acids is 1. The van der Waals surface area contributed by atoms with Gasteiger partial charge in [0.2, 0.25) is 5.91 Å². The number of carboxylic acid groups (broad SMARTS) is 1. The van der Waals surface area contributed by atoms with Crippen LogP contribution in [0.2, 0.25) is 10.0 Å². The average molecular weight is 511 g/mol. The minimum atomic E-state index is -1.25. The molecule has 180 valence electrons. The normalized spacial score (nSPS) is 13.4. The maximum Gasteiger partial charge on any atom is 0.305 e. The molecular weight excluding hydrogens is 491 g/mol. The molecule has 2 heterocycles. The fourth-order valence-electron chi connectivity index (χ4n) is 3.09. The lowest BCUT2D eigenvalue weighted by Crippen LogP contribution is -2.39. The van der Waals surface area contributed by atoms with Gasteiger partial charge in [0.1, 0.15) is 11.4 Å². The number of aliphatic carboxylic acids is 1. The molecule has 0 spiro atoms. The predicted molar refractivity (Wildman–Crippen MR) is 125 cm³/mol. The van der Waals surface area contributed by atoms with E-state index < -0.39 is 48.1 Å². The molecule has 0 radical (unpaired) electrons. The molecule has 0 fully saturated rings. The van der Waals surface area contributed by atoms with E-state index in [0.717, 1.165) is 0 Å². The smallest absolute Gasteiger partial charge is 0.305 e. The number of benzene rings is 1. The van der Waals surface area contributed by atoms with Crippen molar-refractivity contribution in [3.05, 3.63) is 55.9 Å². The van der Waals surface area contributed by atoms with Crippen LogP contribution in [0.1, 0.15) is 28.4 Å². The summed E-state index contributed by atoms with van der Waals surface area (Å²) in [5, 5.41) is 29.9. The Morgan fingerprint density at radius 2 is 1.97 bits per heavy atom. The largest absolute Gasteiger partial charge is 0.506 e. The quantitative estimate of drug-likeness (QED) is 0.272. The van der Waals surface area contributed by atoms with Crippen molar-refractivity contribution < 1.29 is 24.6 Å². The molecule has 2 aromatic rings. The zero-order valence-corrected chi connectivity index (χ0v) is 19.0. The summed E-state index contributed by atoms with van der Waals surface area (Å²) in [4.78, 5) is 54.7. The second kappa shape index (κ2) is 10.9. The van der Waals surface area contributed by atoms with E-state index in [1.165, 1.54) is 24.4 Å². The zero-order valence-electron chi connectivity index (χ0n) is 17.4. The number of phenolic OH excluding ortho intramolecular Hbond substituents is 1. The number of pyridine rings is 1. The number of aliphatic imine (C=N–C) groups is 1. The van der Waals surface area contributed by atoms with E-state index in [1.807, 2.05) is 0 Å². The van der Waals surface area contributed by atoms with Gasteiger partial charge in [-0.2, -0.15) is 0 Å². The number of nitrogens with zero attached hydrogens (tertiary/aromatic N) is 1. The van der Waals surface area contributed by atoms with E-state index in [-0.39, 0.29) is 26.9 Å². The number of carbonyl (C=O) groups is 3. The summed E-state index contributed by atoms with van der Waals surface area (Å²) in [5.41, 5.74) is -0.309. The van der Waals surface area contributed by atoms with Crippen LogP contribution >= 0.6 is 23.2 Å². The van der Waals surface area contributed by atoms with Crippen molar-refractivity contribution in [3.8, 4) is 5.75 Å². The summed E-state index contributed by atoms with van der Waals surface area (Å²) in [6, 6.07) is 2.69. The first kappa shape index (κ1) is 24.9. The monoisotopic (exact) mass is 510 g/mol.